The van der Waals surface area contributed by atoms with Gasteiger partial charge in [0.1, 0.15) is 17.8 Å². The van der Waals surface area contributed by atoms with E-state index in [4.69, 9.17) is 4.74 Å². The van der Waals surface area contributed by atoms with Gasteiger partial charge in [0, 0.05) is 11.6 Å². The molecule has 0 amide bonds. The largest absolute Gasteiger partial charge is 0.508 e. The maximum atomic E-state index is 10.5. The van der Waals surface area contributed by atoms with Gasteiger partial charge >= 0.3 is 0 Å². The van der Waals surface area contributed by atoms with E-state index in [9.17, 15) is 9.90 Å². The number of hydrogen-bond donors (Lipinski definition) is 1. The lowest BCUT2D eigenvalue weighted by Gasteiger charge is -2.08. The Labute approximate surface area is 89.7 Å². The van der Waals surface area contributed by atoms with Gasteiger partial charge in [0.2, 0.25) is 0 Å². The van der Waals surface area contributed by atoms with Crippen molar-refractivity contribution in [2.45, 2.75) is 20.3 Å². The van der Waals surface area contributed by atoms with Crippen LogP contribution in [-0.2, 0) is 0 Å². The minimum absolute atomic E-state index is 0.0548. The molecule has 0 bridgehead atoms. The predicted molar refractivity (Wildman–Crippen MR) is 58.4 cm³/mol. The third kappa shape index (κ3) is 4.02. The smallest absolute Gasteiger partial charge is 0.150 e. The summed E-state index contributed by atoms with van der Waals surface area (Å²) in [4.78, 5) is 10.5. The molecule has 0 aliphatic heterocycles. The average Bonchev–Trinajstić information content (AvgIpc) is 2.16. The molecule has 82 valence electrons. The first-order valence-corrected chi connectivity index (χ1v) is 5.04. The zero-order valence-electron chi connectivity index (χ0n) is 9.06. The van der Waals surface area contributed by atoms with Crippen LogP contribution in [0.4, 0.5) is 0 Å². The molecule has 1 rings (SSSR count). The molecule has 1 aromatic carbocycles. The van der Waals surface area contributed by atoms with E-state index in [1.807, 2.05) is 0 Å². The Morgan fingerprint density at radius 3 is 2.73 bits per heavy atom. The van der Waals surface area contributed by atoms with Gasteiger partial charge in [0.15, 0.2) is 0 Å². The van der Waals surface area contributed by atoms with E-state index in [2.05, 4.69) is 13.8 Å². The highest BCUT2D eigenvalue weighted by atomic mass is 16.5. The molecule has 0 atom stereocenters. The molecule has 0 saturated carbocycles. The molecular formula is C12H16O3. The molecular weight excluding hydrogens is 192 g/mol. The van der Waals surface area contributed by atoms with Crippen molar-refractivity contribution in [1.82, 2.24) is 0 Å². The van der Waals surface area contributed by atoms with Gasteiger partial charge in [-0.2, -0.15) is 0 Å². The van der Waals surface area contributed by atoms with Crippen molar-refractivity contribution in [3.63, 3.8) is 0 Å². The molecule has 3 nitrogen and oxygen atoms in total. The van der Waals surface area contributed by atoms with Crippen molar-refractivity contribution < 1.29 is 14.6 Å². The van der Waals surface area contributed by atoms with Crippen molar-refractivity contribution >= 4 is 6.29 Å². The van der Waals surface area contributed by atoms with Gasteiger partial charge in [0.05, 0.1) is 6.61 Å². The van der Waals surface area contributed by atoms with E-state index in [0.29, 0.717) is 30.1 Å². The number of phenolic OH excluding ortho intramolecular Hbond substituents is 1. The van der Waals surface area contributed by atoms with Gasteiger partial charge in [-0.15, -0.1) is 0 Å². The van der Waals surface area contributed by atoms with Crippen LogP contribution >= 0.6 is 0 Å². The first-order chi connectivity index (χ1) is 7.11. The Morgan fingerprint density at radius 2 is 2.13 bits per heavy atom. The molecule has 3 heteroatoms. The van der Waals surface area contributed by atoms with E-state index in [0.717, 1.165) is 6.42 Å². The van der Waals surface area contributed by atoms with Crippen molar-refractivity contribution in [2.75, 3.05) is 6.61 Å². The summed E-state index contributed by atoms with van der Waals surface area (Å²) >= 11 is 0. The van der Waals surface area contributed by atoms with Crippen LogP contribution in [0, 0.1) is 5.92 Å². The Kier molecular flexibility index (Phi) is 4.16. The van der Waals surface area contributed by atoms with Crippen molar-refractivity contribution in [1.29, 1.82) is 0 Å². The topological polar surface area (TPSA) is 46.5 Å². The number of benzene rings is 1. The number of carbonyl (C=O) groups is 1. The highest BCUT2D eigenvalue weighted by Crippen LogP contribution is 2.21. The summed E-state index contributed by atoms with van der Waals surface area (Å²) < 4.78 is 5.42. The summed E-state index contributed by atoms with van der Waals surface area (Å²) in [6, 6.07) is 4.53. The van der Waals surface area contributed by atoms with Crippen LogP contribution < -0.4 is 4.74 Å². The second-order valence-corrected chi connectivity index (χ2v) is 3.91. The van der Waals surface area contributed by atoms with Gasteiger partial charge in [-0.25, -0.2) is 0 Å². The van der Waals surface area contributed by atoms with Gasteiger partial charge < -0.3 is 9.84 Å². The number of aromatic hydroxyl groups is 1. The lowest BCUT2D eigenvalue weighted by molar-refractivity contribution is 0.112. The fraction of sp³-hybridized carbons (Fsp3) is 0.417. The monoisotopic (exact) mass is 208 g/mol. The second kappa shape index (κ2) is 5.39. The number of ether oxygens (including phenoxy) is 1. The number of phenols is 1. The number of rotatable bonds is 5. The van der Waals surface area contributed by atoms with Crippen LogP contribution in [0.3, 0.4) is 0 Å². The highest BCUT2D eigenvalue weighted by molar-refractivity contribution is 5.76. The standard InChI is InChI=1S/C12H16O3/c1-9(2)3-4-15-12-6-10(8-13)5-11(14)7-12/h5-9,14H,3-4H2,1-2H3. The summed E-state index contributed by atoms with van der Waals surface area (Å²) in [6.45, 7) is 4.82. The molecule has 0 heterocycles. The van der Waals surface area contributed by atoms with Crippen molar-refractivity contribution in [3.8, 4) is 11.5 Å². The first-order valence-electron chi connectivity index (χ1n) is 5.04. The van der Waals surface area contributed by atoms with E-state index in [1.165, 1.54) is 12.1 Å². The fourth-order valence-corrected chi connectivity index (χ4v) is 1.17. The third-order valence-corrected chi connectivity index (χ3v) is 2.01. The SMILES string of the molecule is CC(C)CCOc1cc(O)cc(C=O)c1. The summed E-state index contributed by atoms with van der Waals surface area (Å²) in [7, 11) is 0. The maximum Gasteiger partial charge on any atom is 0.150 e. The minimum atomic E-state index is 0.0548. The number of hydrogen-bond acceptors (Lipinski definition) is 3. The Morgan fingerprint density at radius 1 is 1.40 bits per heavy atom. The zero-order chi connectivity index (χ0) is 11.3. The number of aldehydes is 1. The van der Waals surface area contributed by atoms with Crippen LogP contribution in [0.1, 0.15) is 30.6 Å². The quantitative estimate of drug-likeness (QED) is 0.756. The van der Waals surface area contributed by atoms with Gasteiger partial charge in [-0.3, -0.25) is 4.79 Å². The first kappa shape index (κ1) is 11.6. The highest BCUT2D eigenvalue weighted by Gasteiger charge is 2.01. The van der Waals surface area contributed by atoms with Gasteiger partial charge in [0.25, 0.3) is 0 Å². The molecule has 0 spiro atoms. The molecule has 0 radical (unpaired) electrons. The zero-order valence-corrected chi connectivity index (χ0v) is 9.06. The lowest BCUT2D eigenvalue weighted by atomic mass is 10.1. The lowest BCUT2D eigenvalue weighted by Crippen LogP contribution is -2.01. The molecule has 0 aliphatic carbocycles. The Balaban J connectivity index is 2.60. The normalized spacial score (nSPS) is 10.3. The maximum absolute atomic E-state index is 10.5. The third-order valence-electron chi connectivity index (χ3n) is 2.01. The molecule has 0 aliphatic rings. The van der Waals surface area contributed by atoms with E-state index in [1.54, 1.807) is 6.07 Å². The second-order valence-electron chi connectivity index (χ2n) is 3.91. The van der Waals surface area contributed by atoms with Crippen LogP contribution in [0.2, 0.25) is 0 Å². The molecule has 1 N–H and O–H groups in total. The summed E-state index contributed by atoms with van der Waals surface area (Å²) in [6.07, 6.45) is 1.64. The van der Waals surface area contributed by atoms with E-state index in [-0.39, 0.29) is 5.75 Å². The van der Waals surface area contributed by atoms with E-state index >= 15 is 0 Å². The molecule has 0 fully saturated rings. The van der Waals surface area contributed by atoms with Crippen LogP contribution in [0.25, 0.3) is 0 Å². The van der Waals surface area contributed by atoms with Crippen molar-refractivity contribution in [2.24, 2.45) is 5.92 Å². The van der Waals surface area contributed by atoms with E-state index < -0.39 is 0 Å². The molecule has 0 aromatic heterocycles. The van der Waals surface area contributed by atoms with Gasteiger partial charge in [-0.1, -0.05) is 13.8 Å². The molecule has 0 saturated heterocycles. The Bertz CT molecular complexity index is 332. The van der Waals surface area contributed by atoms with Gasteiger partial charge in [-0.05, 0) is 24.5 Å². The predicted octanol–water partition coefficient (Wildman–Crippen LogP) is 2.63. The van der Waals surface area contributed by atoms with Crippen LogP contribution in [0.5, 0.6) is 11.5 Å². The Hall–Kier alpha value is -1.51. The fourth-order valence-electron chi connectivity index (χ4n) is 1.17. The van der Waals surface area contributed by atoms with Crippen LogP contribution in [-0.4, -0.2) is 18.0 Å². The summed E-state index contributed by atoms with van der Waals surface area (Å²) in [5, 5.41) is 9.29. The number of carbonyl (C=O) groups excluding carboxylic acids is 1. The minimum Gasteiger partial charge on any atom is -0.508 e. The molecule has 1 aromatic rings. The molecule has 15 heavy (non-hydrogen) atoms. The summed E-state index contributed by atoms with van der Waals surface area (Å²) in [5.74, 6) is 1.17. The van der Waals surface area contributed by atoms with Crippen molar-refractivity contribution in [3.05, 3.63) is 23.8 Å². The summed E-state index contributed by atoms with van der Waals surface area (Å²) in [5.41, 5.74) is 0.426. The molecule has 0 unspecified atom stereocenters. The van der Waals surface area contributed by atoms with Crippen LogP contribution in [0.15, 0.2) is 18.2 Å². The average molecular weight is 208 g/mol.